The van der Waals surface area contributed by atoms with Crippen LogP contribution in [-0.4, -0.2) is 4.98 Å². The fraction of sp³-hybridized carbons (Fsp3) is 0. The first-order valence-corrected chi connectivity index (χ1v) is 4.24. The van der Waals surface area contributed by atoms with E-state index in [0.717, 1.165) is 15.9 Å². The Hall–Kier alpha value is -1.33. The normalized spacial score (nSPS) is 10.4. The molecule has 62 valence electrons. The molecule has 1 aromatic carbocycles. The molecule has 2 aromatic rings. The van der Waals surface area contributed by atoms with Gasteiger partial charge < -0.3 is 5.73 Å². The standard InChI is InChI=1S/C7H8N4S/c8-4-1-2-5-6(3-4)12-7(10-5)11-9/h1-3H,8-9H2,(H,10,11). The minimum absolute atomic E-state index is 0.704. The molecule has 5 N–H and O–H groups in total. The van der Waals surface area contributed by atoms with E-state index in [1.54, 1.807) is 0 Å². The fourth-order valence-electron chi connectivity index (χ4n) is 1.00. The van der Waals surface area contributed by atoms with Gasteiger partial charge in [0.15, 0.2) is 5.13 Å². The van der Waals surface area contributed by atoms with Crippen LogP contribution in [0.15, 0.2) is 18.2 Å². The minimum Gasteiger partial charge on any atom is -0.399 e. The zero-order valence-electron chi connectivity index (χ0n) is 6.24. The van der Waals surface area contributed by atoms with Gasteiger partial charge in [-0.15, -0.1) is 0 Å². The highest BCUT2D eigenvalue weighted by Gasteiger charge is 2.01. The molecule has 0 aliphatic rings. The second kappa shape index (κ2) is 2.62. The van der Waals surface area contributed by atoms with Crippen molar-refractivity contribution in [3.05, 3.63) is 18.2 Å². The molecule has 0 unspecified atom stereocenters. The lowest BCUT2D eigenvalue weighted by Crippen LogP contribution is -2.05. The van der Waals surface area contributed by atoms with Crippen molar-refractivity contribution >= 4 is 32.4 Å². The predicted molar refractivity (Wildman–Crippen MR) is 51.8 cm³/mol. The van der Waals surface area contributed by atoms with Crippen LogP contribution in [0.25, 0.3) is 10.2 Å². The number of fused-ring (bicyclic) bond motifs is 1. The van der Waals surface area contributed by atoms with E-state index in [9.17, 15) is 0 Å². The summed E-state index contributed by atoms with van der Waals surface area (Å²) in [5.41, 5.74) is 9.77. The van der Waals surface area contributed by atoms with E-state index < -0.39 is 0 Å². The van der Waals surface area contributed by atoms with Crippen LogP contribution in [0.5, 0.6) is 0 Å². The molecule has 12 heavy (non-hydrogen) atoms. The number of rotatable bonds is 1. The molecule has 0 aliphatic heterocycles. The van der Waals surface area contributed by atoms with Gasteiger partial charge in [-0.3, -0.25) is 5.43 Å². The van der Waals surface area contributed by atoms with E-state index in [-0.39, 0.29) is 0 Å². The van der Waals surface area contributed by atoms with E-state index in [1.807, 2.05) is 18.2 Å². The molecule has 0 saturated heterocycles. The van der Waals surface area contributed by atoms with Gasteiger partial charge in [0.1, 0.15) is 0 Å². The molecule has 0 radical (unpaired) electrons. The average molecular weight is 180 g/mol. The first kappa shape index (κ1) is 7.33. The highest BCUT2D eigenvalue weighted by atomic mass is 32.1. The van der Waals surface area contributed by atoms with Crippen molar-refractivity contribution in [1.29, 1.82) is 0 Å². The van der Waals surface area contributed by atoms with Gasteiger partial charge in [0.05, 0.1) is 10.2 Å². The molecular weight excluding hydrogens is 172 g/mol. The number of hydrogen-bond acceptors (Lipinski definition) is 5. The Bertz CT molecular complexity index is 409. The van der Waals surface area contributed by atoms with Gasteiger partial charge in [0, 0.05) is 5.69 Å². The van der Waals surface area contributed by atoms with Gasteiger partial charge in [0.25, 0.3) is 0 Å². The third kappa shape index (κ3) is 1.09. The third-order valence-corrected chi connectivity index (χ3v) is 2.49. The summed E-state index contributed by atoms with van der Waals surface area (Å²) >= 11 is 1.48. The molecule has 1 heterocycles. The maximum absolute atomic E-state index is 5.60. The zero-order chi connectivity index (χ0) is 8.55. The Labute approximate surface area is 73.2 Å². The molecule has 5 heteroatoms. The van der Waals surface area contributed by atoms with Crippen LogP contribution in [0, 0.1) is 0 Å². The predicted octanol–water partition coefficient (Wildman–Crippen LogP) is 1.16. The monoisotopic (exact) mass is 180 g/mol. The fourth-order valence-corrected chi connectivity index (χ4v) is 1.83. The summed E-state index contributed by atoms with van der Waals surface area (Å²) in [6.07, 6.45) is 0. The molecular formula is C7H8N4S. The quantitative estimate of drug-likeness (QED) is 0.349. The molecule has 4 nitrogen and oxygen atoms in total. The summed E-state index contributed by atoms with van der Waals surface area (Å²) in [5, 5.41) is 0.704. The lowest BCUT2D eigenvalue weighted by atomic mass is 10.3. The topological polar surface area (TPSA) is 77.0 Å². The van der Waals surface area contributed by atoms with E-state index in [2.05, 4.69) is 10.4 Å². The van der Waals surface area contributed by atoms with Gasteiger partial charge in [-0.1, -0.05) is 11.3 Å². The molecule has 2 rings (SSSR count). The number of thiazole rings is 1. The first-order chi connectivity index (χ1) is 5.79. The lowest BCUT2D eigenvalue weighted by molar-refractivity contribution is 1.31. The summed E-state index contributed by atoms with van der Waals surface area (Å²) in [6, 6.07) is 5.58. The zero-order valence-corrected chi connectivity index (χ0v) is 7.06. The van der Waals surface area contributed by atoms with Crippen molar-refractivity contribution < 1.29 is 0 Å². The summed E-state index contributed by atoms with van der Waals surface area (Å²) in [7, 11) is 0. The number of nitrogens with zero attached hydrogens (tertiary/aromatic N) is 1. The largest absolute Gasteiger partial charge is 0.399 e. The number of hydrazine groups is 1. The van der Waals surface area contributed by atoms with Crippen LogP contribution in [0.1, 0.15) is 0 Å². The van der Waals surface area contributed by atoms with Crippen molar-refractivity contribution in [2.24, 2.45) is 5.84 Å². The van der Waals surface area contributed by atoms with E-state index in [1.165, 1.54) is 11.3 Å². The Balaban J connectivity index is 2.67. The van der Waals surface area contributed by atoms with Crippen molar-refractivity contribution in [3.8, 4) is 0 Å². The van der Waals surface area contributed by atoms with Gasteiger partial charge in [-0.25, -0.2) is 10.8 Å². The molecule has 0 aliphatic carbocycles. The van der Waals surface area contributed by atoms with Crippen LogP contribution in [0.4, 0.5) is 10.8 Å². The summed E-state index contributed by atoms with van der Waals surface area (Å²) in [4.78, 5) is 4.20. The third-order valence-electron chi connectivity index (χ3n) is 1.54. The number of anilines is 2. The molecule has 0 saturated carbocycles. The van der Waals surface area contributed by atoms with Gasteiger partial charge in [0.2, 0.25) is 0 Å². The second-order valence-corrected chi connectivity index (χ2v) is 3.42. The Morgan fingerprint density at radius 2 is 2.25 bits per heavy atom. The number of nitrogens with one attached hydrogen (secondary N) is 1. The molecule has 1 aromatic heterocycles. The molecule has 0 amide bonds. The highest BCUT2D eigenvalue weighted by molar-refractivity contribution is 7.22. The van der Waals surface area contributed by atoms with Crippen LogP contribution in [0.2, 0.25) is 0 Å². The van der Waals surface area contributed by atoms with Crippen molar-refractivity contribution in [1.82, 2.24) is 4.98 Å². The van der Waals surface area contributed by atoms with Crippen molar-refractivity contribution in [3.63, 3.8) is 0 Å². The van der Waals surface area contributed by atoms with Crippen LogP contribution in [0.3, 0.4) is 0 Å². The summed E-state index contributed by atoms with van der Waals surface area (Å²) in [5.74, 6) is 5.22. The molecule has 0 bridgehead atoms. The van der Waals surface area contributed by atoms with Crippen LogP contribution >= 0.6 is 11.3 Å². The Morgan fingerprint density at radius 3 is 3.00 bits per heavy atom. The van der Waals surface area contributed by atoms with E-state index in [0.29, 0.717) is 5.13 Å². The number of benzene rings is 1. The van der Waals surface area contributed by atoms with Crippen molar-refractivity contribution in [2.75, 3.05) is 11.2 Å². The number of nitrogens with two attached hydrogens (primary N) is 2. The van der Waals surface area contributed by atoms with Crippen molar-refractivity contribution in [2.45, 2.75) is 0 Å². The van der Waals surface area contributed by atoms with Crippen LogP contribution in [-0.2, 0) is 0 Å². The first-order valence-electron chi connectivity index (χ1n) is 3.42. The second-order valence-electron chi connectivity index (χ2n) is 2.39. The minimum atomic E-state index is 0.704. The Kier molecular flexibility index (Phi) is 1.60. The molecule has 0 atom stereocenters. The molecule has 0 spiro atoms. The maximum atomic E-state index is 5.60. The highest BCUT2D eigenvalue weighted by Crippen LogP contribution is 2.26. The number of nitrogen functional groups attached to an aromatic ring is 2. The summed E-state index contributed by atoms with van der Waals surface area (Å²) in [6.45, 7) is 0. The SMILES string of the molecule is NNc1nc2ccc(N)cc2s1. The van der Waals surface area contributed by atoms with Crippen LogP contribution < -0.4 is 17.0 Å². The number of aromatic nitrogens is 1. The van der Waals surface area contributed by atoms with E-state index >= 15 is 0 Å². The van der Waals surface area contributed by atoms with Gasteiger partial charge in [-0.2, -0.15) is 0 Å². The molecule has 0 fully saturated rings. The lowest BCUT2D eigenvalue weighted by Gasteiger charge is -1.88. The van der Waals surface area contributed by atoms with Gasteiger partial charge in [-0.05, 0) is 18.2 Å². The average Bonchev–Trinajstić information content (AvgIpc) is 2.46. The summed E-state index contributed by atoms with van der Waals surface area (Å²) < 4.78 is 1.04. The smallest absolute Gasteiger partial charge is 0.198 e. The Morgan fingerprint density at radius 1 is 1.42 bits per heavy atom. The van der Waals surface area contributed by atoms with E-state index in [4.69, 9.17) is 11.6 Å². The maximum Gasteiger partial charge on any atom is 0.198 e. The number of hydrogen-bond donors (Lipinski definition) is 3. The van der Waals surface area contributed by atoms with Gasteiger partial charge >= 0.3 is 0 Å².